The van der Waals surface area contributed by atoms with E-state index in [0.29, 0.717) is 18.3 Å². The summed E-state index contributed by atoms with van der Waals surface area (Å²) in [6.07, 6.45) is 4.36. The van der Waals surface area contributed by atoms with Crippen LogP contribution in [0, 0.1) is 12.8 Å². The number of hydrogen-bond acceptors (Lipinski definition) is 5. The first-order valence-electron chi connectivity index (χ1n) is 6.29. The molecule has 2 rings (SSSR count). The van der Waals surface area contributed by atoms with Crippen LogP contribution in [-0.4, -0.2) is 27.4 Å². The van der Waals surface area contributed by atoms with Crippen LogP contribution in [-0.2, 0) is 6.54 Å². The van der Waals surface area contributed by atoms with Crippen LogP contribution >= 0.6 is 0 Å². The van der Waals surface area contributed by atoms with Crippen LogP contribution in [0.5, 0.6) is 0 Å². The SMILES string of the molecule is Cc1nc(CNC2(CO)CCC(C)CC2)no1. The van der Waals surface area contributed by atoms with E-state index in [1.165, 1.54) is 12.8 Å². The molecule has 17 heavy (non-hydrogen) atoms. The average molecular weight is 239 g/mol. The largest absolute Gasteiger partial charge is 0.394 e. The predicted molar refractivity (Wildman–Crippen MR) is 63.3 cm³/mol. The van der Waals surface area contributed by atoms with Crippen molar-refractivity contribution in [1.82, 2.24) is 15.5 Å². The third-order valence-corrected chi connectivity index (χ3v) is 3.73. The average Bonchev–Trinajstić information content (AvgIpc) is 2.75. The van der Waals surface area contributed by atoms with Gasteiger partial charge < -0.3 is 14.9 Å². The maximum absolute atomic E-state index is 9.58. The molecule has 0 bridgehead atoms. The fourth-order valence-electron chi connectivity index (χ4n) is 2.39. The van der Waals surface area contributed by atoms with Crippen LogP contribution in [0.4, 0.5) is 0 Å². The van der Waals surface area contributed by atoms with E-state index in [1.807, 2.05) is 0 Å². The summed E-state index contributed by atoms with van der Waals surface area (Å²) in [6, 6.07) is 0. The Kier molecular flexibility index (Phi) is 3.79. The Morgan fingerprint density at radius 2 is 2.18 bits per heavy atom. The number of rotatable bonds is 4. The van der Waals surface area contributed by atoms with Gasteiger partial charge in [0, 0.05) is 12.5 Å². The van der Waals surface area contributed by atoms with Crippen molar-refractivity contribution in [2.24, 2.45) is 5.92 Å². The minimum absolute atomic E-state index is 0.152. The Morgan fingerprint density at radius 1 is 1.47 bits per heavy atom. The zero-order valence-corrected chi connectivity index (χ0v) is 10.6. The Bertz CT molecular complexity index is 356. The number of aromatic nitrogens is 2. The first kappa shape index (κ1) is 12.5. The highest BCUT2D eigenvalue weighted by Crippen LogP contribution is 2.31. The maximum Gasteiger partial charge on any atom is 0.223 e. The third-order valence-electron chi connectivity index (χ3n) is 3.73. The molecule has 0 radical (unpaired) electrons. The maximum atomic E-state index is 9.58. The zero-order valence-electron chi connectivity index (χ0n) is 10.6. The van der Waals surface area contributed by atoms with E-state index in [1.54, 1.807) is 6.92 Å². The van der Waals surface area contributed by atoms with E-state index in [0.717, 1.165) is 18.8 Å². The summed E-state index contributed by atoms with van der Waals surface area (Å²) < 4.78 is 4.92. The molecular weight excluding hydrogens is 218 g/mol. The number of nitrogens with zero attached hydrogens (tertiary/aromatic N) is 2. The molecule has 0 saturated heterocycles. The second kappa shape index (κ2) is 5.14. The van der Waals surface area contributed by atoms with E-state index in [4.69, 9.17) is 4.52 Å². The molecule has 0 aromatic carbocycles. The highest BCUT2D eigenvalue weighted by Gasteiger charge is 2.33. The van der Waals surface area contributed by atoms with Gasteiger partial charge in [0.15, 0.2) is 5.82 Å². The van der Waals surface area contributed by atoms with E-state index in [-0.39, 0.29) is 12.1 Å². The molecule has 5 heteroatoms. The number of hydrogen-bond donors (Lipinski definition) is 2. The van der Waals surface area contributed by atoms with Crippen LogP contribution in [0.3, 0.4) is 0 Å². The molecule has 1 saturated carbocycles. The molecule has 0 spiro atoms. The molecule has 1 aliphatic rings. The Balaban J connectivity index is 1.91. The summed E-state index contributed by atoms with van der Waals surface area (Å²) >= 11 is 0. The minimum atomic E-state index is -0.152. The summed E-state index contributed by atoms with van der Waals surface area (Å²) in [4.78, 5) is 4.15. The summed E-state index contributed by atoms with van der Waals surface area (Å²) in [7, 11) is 0. The molecular formula is C12H21N3O2. The minimum Gasteiger partial charge on any atom is -0.394 e. The second-order valence-electron chi connectivity index (χ2n) is 5.20. The van der Waals surface area contributed by atoms with Gasteiger partial charge in [0.1, 0.15) is 0 Å². The molecule has 1 heterocycles. The van der Waals surface area contributed by atoms with E-state index < -0.39 is 0 Å². The normalized spacial score (nSPS) is 29.5. The summed E-state index contributed by atoms with van der Waals surface area (Å²) in [6.45, 7) is 4.78. The molecule has 96 valence electrons. The van der Waals surface area contributed by atoms with Crippen molar-refractivity contribution in [1.29, 1.82) is 0 Å². The monoisotopic (exact) mass is 239 g/mol. The number of aliphatic hydroxyl groups excluding tert-OH is 1. The zero-order chi connectivity index (χ0) is 12.3. The van der Waals surface area contributed by atoms with Gasteiger partial charge in [0.2, 0.25) is 5.89 Å². The summed E-state index contributed by atoms with van der Waals surface area (Å²) in [5.41, 5.74) is -0.152. The van der Waals surface area contributed by atoms with Gasteiger partial charge in [-0.25, -0.2) is 0 Å². The van der Waals surface area contributed by atoms with Crippen molar-refractivity contribution in [3.8, 4) is 0 Å². The third kappa shape index (κ3) is 3.04. The van der Waals surface area contributed by atoms with Gasteiger partial charge in [0.05, 0.1) is 13.2 Å². The van der Waals surface area contributed by atoms with E-state index in [9.17, 15) is 5.11 Å². The lowest BCUT2D eigenvalue weighted by atomic mass is 9.77. The topological polar surface area (TPSA) is 71.2 Å². The standard InChI is InChI=1S/C12H21N3O2/c1-9-3-5-12(8-16,6-4-9)13-7-11-14-10(2)17-15-11/h9,13,16H,3-8H2,1-2H3. The molecule has 1 aromatic heterocycles. The Hall–Kier alpha value is -0.940. The van der Waals surface area contributed by atoms with Gasteiger partial charge in [-0.2, -0.15) is 4.98 Å². The van der Waals surface area contributed by atoms with Crippen molar-refractivity contribution in [3.63, 3.8) is 0 Å². The lowest BCUT2D eigenvalue weighted by Crippen LogP contribution is -2.50. The quantitative estimate of drug-likeness (QED) is 0.831. The molecule has 1 fully saturated rings. The van der Waals surface area contributed by atoms with Crippen molar-refractivity contribution in [2.75, 3.05) is 6.61 Å². The molecule has 1 aromatic rings. The lowest BCUT2D eigenvalue weighted by molar-refractivity contribution is 0.103. The van der Waals surface area contributed by atoms with Crippen LogP contribution in [0.2, 0.25) is 0 Å². The molecule has 5 nitrogen and oxygen atoms in total. The number of nitrogens with one attached hydrogen (secondary N) is 1. The van der Waals surface area contributed by atoms with Crippen LogP contribution in [0.15, 0.2) is 4.52 Å². The van der Waals surface area contributed by atoms with Gasteiger partial charge in [-0.05, 0) is 31.6 Å². The Morgan fingerprint density at radius 3 is 2.71 bits per heavy atom. The van der Waals surface area contributed by atoms with Crippen molar-refractivity contribution in [2.45, 2.75) is 51.6 Å². The highest BCUT2D eigenvalue weighted by atomic mass is 16.5. The number of aryl methyl sites for hydroxylation is 1. The van der Waals surface area contributed by atoms with Crippen LogP contribution < -0.4 is 5.32 Å². The Labute approximate surface area is 102 Å². The van der Waals surface area contributed by atoms with Gasteiger partial charge in [-0.15, -0.1) is 0 Å². The molecule has 0 aliphatic heterocycles. The molecule has 2 N–H and O–H groups in total. The first-order chi connectivity index (χ1) is 8.13. The highest BCUT2D eigenvalue weighted by molar-refractivity contribution is 4.94. The molecule has 0 amide bonds. The number of aliphatic hydroxyl groups is 1. The van der Waals surface area contributed by atoms with Gasteiger partial charge >= 0.3 is 0 Å². The van der Waals surface area contributed by atoms with Crippen LogP contribution in [0.1, 0.15) is 44.3 Å². The molecule has 0 atom stereocenters. The fourth-order valence-corrected chi connectivity index (χ4v) is 2.39. The van der Waals surface area contributed by atoms with Gasteiger partial charge in [-0.1, -0.05) is 12.1 Å². The smallest absolute Gasteiger partial charge is 0.223 e. The molecule has 1 aliphatic carbocycles. The fraction of sp³-hybridized carbons (Fsp3) is 0.833. The van der Waals surface area contributed by atoms with Crippen molar-refractivity contribution < 1.29 is 9.63 Å². The van der Waals surface area contributed by atoms with E-state index in [2.05, 4.69) is 22.4 Å². The van der Waals surface area contributed by atoms with Crippen molar-refractivity contribution >= 4 is 0 Å². The second-order valence-corrected chi connectivity index (χ2v) is 5.20. The van der Waals surface area contributed by atoms with Crippen molar-refractivity contribution in [3.05, 3.63) is 11.7 Å². The summed E-state index contributed by atoms with van der Waals surface area (Å²) in [5.74, 6) is 2.01. The van der Waals surface area contributed by atoms with Crippen LogP contribution in [0.25, 0.3) is 0 Å². The summed E-state index contributed by atoms with van der Waals surface area (Å²) in [5, 5.41) is 16.8. The van der Waals surface area contributed by atoms with E-state index >= 15 is 0 Å². The van der Waals surface area contributed by atoms with Gasteiger partial charge in [-0.3, -0.25) is 0 Å². The lowest BCUT2D eigenvalue weighted by Gasteiger charge is -2.38. The molecule has 0 unspecified atom stereocenters. The predicted octanol–water partition coefficient (Wildman–Crippen LogP) is 1.41. The van der Waals surface area contributed by atoms with Gasteiger partial charge in [0.25, 0.3) is 0 Å². The first-order valence-corrected chi connectivity index (χ1v) is 6.29.